The number of nitrogens with zero attached hydrogens (tertiary/aromatic N) is 2. The average molecular weight is 281 g/mol. The first-order valence-corrected chi connectivity index (χ1v) is 7.61. The second-order valence-electron chi connectivity index (χ2n) is 5.41. The minimum atomic E-state index is 0.292. The van der Waals surface area contributed by atoms with Crippen LogP contribution in [0.25, 0.3) is 0 Å². The lowest BCUT2D eigenvalue weighted by atomic mass is 9.77. The van der Waals surface area contributed by atoms with E-state index < -0.39 is 0 Å². The van der Waals surface area contributed by atoms with Crippen molar-refractivity contribution in [3.05, 3.63) is 11.9 Å². The molecule has 0 saturated heterocycles. The summed E-state index contributed by atoms with van der Waals surface area (Å²) in [6, 6.07) is 0.292. The highest BCUT2D eigenvalue weighted by molar-refractivity contribution is 5.28. The Balaban J connectivity index is 2.00. The molecule has 5 heteroatoms. The van der Waals surface area contributed by atoms with Gasteiger partial charge in [0.15, 0.2) is 5.75 Å². The van der Waals surface area contributed by atoms with Gasteiger partial charge in [-0.15, -0.1) is 0 Å². The predicted molar refractivity (Wildman–Crippen MR) is 79.0 cm³/mol. The maximum absolute atomic E-state index is 5.64. The van der Waals surface area contributed by atoms with Crippen LogP contribution in [-0.4, -0.2) is 36.6 Å². The number of aromatic nitrogens is 2. The summed E-state index contributed by atoms with van der Waals surface area (Å²) in [5.74, 6) is 1.61. The molecule has 1 aliphatic rings. The zero-order valence-electron chi connectivity index (χ0n) is 13.1. The molecule has 0 bridgehead atoms. The smallest absolute Gasteiger partial charge is 0.161 e. The fourth-order valence-corrected chi connectivity index (χ4v) is 3.08. The van der Waals surface area contributed by atoms with Gasteiger partial charge in [-0.25, -0.2) is 0 Å². The third-order valence-corrected chi connectivity index (χ3v) is 4.21. The van der Waals surface area contributed by atoms with Gasteiger partial charge in [0.1, 0.15) is 0 Å². The highest BCUT2D eigenvalue weighted by atomic mass is 16.5. The van der Waals surface area contributed by atoms with E-state index in [1.54, 1.807) is 7.11 Å². The largest absolute Gasteiger partial charge is 0.493 e. The van der Waals surface area contributed by atoms with E-state index in [1.807, 2.05) is 17.9 Å². The molecule has 0 spiro atoms. The van der Waals surface area contributed by atoms with Crippen molar-refractivity contribution in [2.45, 2.75) is 51.8 Å². The van der Waals surface area contributed by atoms with E-state index in [4.69, 9.17) is 9.47 Å². The van der Waals surface area contributed by atoms with Gasteiger partial charge >= 0.3 is 0 Å². The average Bonchev–Trinajstić information content (AvgIpc) is 2.84. The first-order valence-electron chi connectivity index (χ1n) is 7.61. The molecule has 2 rings (SSSR count). The van der Waals surface area contributed by atoms with E-state index in [0.717, 1.165) is 36.9 Å². The second-order valence-corrected chi connectivity index (χ2v) is 5.41. The van der Waals surface area contributed by atoms with Gasteiger partial charge in [0.05, 0.1) is 31.1 Å². The maximum atomic E-state index is 5.64. The summed E-state index contributed by atoms with van der Waals surface area (Å²) in [4.78, 5) is 0. The SMILES string of the molecule is CCOC1CC(CC(NC)c2c(OC)cnn2CC)C1. The summed E-state index contributed by atoms with van der Waals surface area (Å²) in [6.45, 7) is 5.86. The number of aryl methyl sites for hydroxylation is 1. The number of rotatable bonds is 8. The molecular formula is C15H27N3O2. The molecule has 1 atom stereocenters. The molecule has 1 fully saturated rings. The third kappa shape index (κ3) is 3.15. The monoisotopic (exact) mass is 281 g/mol. The predicted octanol–water partition coefficient (Wildman–Crippen LogP) is 2.38. The Bertz CT molecular complexity index is 392. The van der Waals surface area contributed by atoms with Crippen LogP contribution in [0.3, 0.4) is 0 Å². The highest BCUT2D eigenvalue weighted by Gasteiger charge is 2.33. The molecule has 1 aliphatic carbocycles. The Morgan fingerprint density at radius 2 is 2.20 bits per heavy atom. The van der Waals surface area contributed by atoms with Crippen LogP contribution in [0, 0.1) is 5.92 Å². The summed E-state index contributed by atoms with van der Waals surface area (Å²) in [7, 11) is 3.72. The highest BCUT2D eigenvalue weighted by Crippen LogP contribution is 2.38. The van der Waals surface area contributed by atoms with Crippen LogP contribution in [0.2, 0.25) is 0 Å². The molecule has 0 amide bonds. The van der Waals surface area contributed by atoms with E-state index in [1.165, 1.54) is 12.8 Å². The summed E-state index contributed by atoms with van der Waals surface area (Å²) in [5, 5.41) is 7.82. The summed E-state index contributed by atoms with van der Waals surface area (Å²) < 4.78 is 13.1. The summed E-state index contributed by atoms with van der Waals surface area (Å²) in [6.07, 6.45) is 5.75. The van der Waals surface area contributed by atoms with Gasteiger partial charge in [-0.2, -0.15) is 5.10 Å². The zero-order chi connectivity index (χ0) is 14.5. The molecule has 0 radical (unpaired) electrons. The van der Waals surface area contributed by atoms with Crippen molar-refractivity contribution in [1.82, 2.24) is 15.1 Å². The van der Waals surface area contributed by atoms with E-state index in [9.17, 15) is 0 Å². The Labute approximate surface area is 121 Å². The first-order chi connectivity index (χ1) is 9.73. The summed E-state index contributed by atoms with van der Waals surface area (Å²) in [5.41, 5.74) is 1.16. The number of hydrogen-bond acceptors (Lipinski definition) is 4. The topological polar surface area (TPSA) is 48.3 Å². The van der Waals surface area contributed by atoms with Crippen molar-refractivity contribution < 1.29 is 9.47 Å². The number of ether oxygens (including phenoxy) is 2. The first kappa shape index (κ1) is 15.3. The second kappa shape index (κ2) is 7.09. The van der Waals surface area contributed by atoms with Gasteiger partial charge in [-0.1, -0.05) is 0 Å². The van der Waals surface area contributed by atoms with Gasteiger partial charge in [0.25, 0.3) is 0 Å². The van der Waals surface area contributed by atoms with E-state index >= 15 is 0 Å². The van der Waals surface area contributed by atoms with Crippen molar-refractivity contribution in [3.8, 4) is 5.75 Å². The van der Waals surface area contributed by atoms with Crippen LogP contribution in [-0.2, 0) is 11.3 Å². The Kier molecular flexibility index (Phi) is 5.43. The number of methoxy groups -OCH3 is 1. The normalized spacial score (nSPS) is 23.4. The molecule has 1 saturated carbocycles. The van der Waals surface area contributed by atoms with Gasteiger partial charge in [-0.3, -0.25) is 4.68 Å². The van der Waals surface area contributed by atoms with Gasteiger partial charge in [-0.05, 0) is 46.1 Å². The van der Waals surface area contributed by atoms with Crippen LogP contribution in [0.4, 0.5) is 0 Å². The molecule has 20 heavy (non-hydrogen) atoms. The van der Waals surface area contributed by atoms with Crippen molar-refractivity contribution in [3.63, 3.8) is 0 Å². The fourth-order valence-electron chi connectivity index (χ4n) is 3.08. The Morgan fingerprint density at radius 3 is 2.75 bits per heavy atom. The van der Waals surface area contributed by atoms with Crippen LogP contribution in [0.5, 0.6) is 5.75 Å². The molecule has 114 valence electrons. The fraction of sp³-hybridized carbons (Fsp3) is 0.800. The van der Waals surface area contributed by atoms with Crippen LogP contribution < -0.4 is 10.1 Å². The van der Waals surface area contributed by atoms with E-state index in [0.29, 0.717) is 12.1 Å². The molecule has 1 heterocycles. The molecule has 5 nitrogen and oxygen atoms in total. The number of nitrogens with one attached hydrogen (secondary N) is 1. The molecule has 1 unspecified atom stereocenters. The van der Waals surface area contributed by atoms with Crippen molar-refractivity contribution in [2.24, 2.45) is 5.92 Å². The molecule has 1 N–H and O–H groups in total. The van der Waals surface area contributed by atoms with Gasteiger partial charge < -0.3 is 14.8 Å². The van der Waals surface area contributed by atoms with Crippen LogP contribution in [0.15, 0.2) is 6.20 Å². The standard InChI is InChI=1S/C15H27N3O2/c1-5-18-15(14(19-4)10-17-18)13(16-3)9-11-7-12(8-11)20-6-2/h10-13,16H,5-9H2,1-4H3. The minimum Gasteiger partial charge on any atom is -0.493 e. The molecular weight excluding hydrogens is 254 g/mol. The van der Waals surface area contributed by atoms with Crippen LogP contribution >= 0.6 is 0 Å². The molecule has 0 aromatic carbocycles. The van der Waals surface area contributed by atoms with Gasteiger partial charge in [0.2, 0.25) is 0 Å². The lowest BCUT2D eigenvalue weighted by molar-refractivity contribution is -0.0292. The molecule has 0 aliphatic heterocycles. The maximum Gasteiger partial charge on any atom is 0.161 e. The summed E-state index contributed by atoms with van der Waals surface area (Å²) >= 11 is 0. The van der Waals surface area contributed by atoms with Gasteiger partial charge in [0, 0.05) is 13.2 Å². The Hall–Kier alpha value is -1.07. The minimum absolute atomic E-state index is 0.292. The van der Waals surface area contributed by atoms with Crippen molar-refractivity contribution in [2.75, 3.05) is 20.8 Å². The quantitative estimate of drug-likeness (QED) is 0.795. The molecule has 1 aromatic rings. The van der Waals surface area contributed by atoms with E-state index in [2.05, 4.69) is 24.3 Å². The lowest BCUT2D eigenvalue weighted by Gasteiger charge is -2.37. The molecule has 1 aromatic heterocycles. The Morgan fingerprint density at radius 1 is 1.45 bits per heavy atom. The van der Waals surface area contributed by atoms with Crippen LogP contribution in [0.1, 0.15) is 44.8 Å². The zero-order valence-corrected chi connectivity index (χ0v) is 13.1. The number of hydrogen-bond donors (Lipinski definition) is 1. The lowest BCUT2D eigenvalue weighted by Crippen LogP contribution is -2.34. The third-order valence-electron chi connectivity index (χ3n) is 4.21. The van der Waals surface area contributed by atoms with Crippen molar-refractivity contribution >= 4 is 0 Å². The van der Waals surface area contributed by atoms with Crippen molar-refractivity contribution in [1.29, 1.82) is 0 Å². The van der Waals surface area contributed by atoms with E-state index in [-0.39, 0.29) is 0 Å².